The highest BCUT2D eigenvalue weighted by Crippen LogP contribution is 2.51. The number of hydrogen-bond donors (Lipinski definition) is 0. The van der Waals surface area contributed by atoms with E-state index in [0.717, 1.165) is 0 Å². The maximum Gasteiger partial charge on any atom is 0.0465 e. The lowest BCUT2D eigenvalue weighted by atomic mass is 9.79. The molecule has 6 aromatic carbocycles. The van der Waals surface area contributed by atoms with Crippen molar-refractivity contribution in [1.82, 2.24) is 0 Å². The van der Waals surface area contributed by atoms with Gasteiger partial charge in [0.15, 0.2) is 0 Å². The molecule has 2 aliphatic rings. The Hall–Kier alpha value is -4.88. The normalized spacial score (nSPS) is 15.5. The lowest BCUT2D eigenvalue weighted by Crippen LogP contribution is -2.16. The molecule has 2 aliphatic carbocycles. The summed E-state index contributed by atoms with van der Waals surface area (Å²) < 4.78 is 0. The van der Waals surface area contributed by atoms with Gasteiger partial charge in [0.05, 0.1) is 0 Å². The van der Waals surface area contributed by atoms with Gasteiger partial charge in [0, 0.05) is 22.5 Å². The fraction of sp³-hybridized carbons (Fsp3) is 0.321. The number of nitrogens with zero attached hydrogens (tertiary/aromatic N) is 1. The van der Waals surface area contributed by atoms with E-state index in [0.29, 0.717) is 5.92 Å². The summed E-state index contributed by atoms with van der Waals surface area (Å²) in [6.07, 6.45) is 6.71. The van der Waals surface area contributed by atoms with Gasteiger partial charge in [-0.25, -0.2) is 0 Å². The van der Waals surface area contributed by atoms with Crippen LogP contribution in [0.2, 0.25) is 0 Å². The van der Waals surface area contributed by atoms with Crippen molar-refractivity contribution in [2.24, 2.45) is 0 Å². The van der Waals surface area contributed by atoms with E-state index in [1.54, 1.807) is 0 Å². The molecule has 0 unspecified atom stereocenters. The minimum absolute atomic E-state index is 0.0587. The zero-order valence-corrected chi connectivity index (χ0v) is 33.8. The molecule has 0 aliphatic heterocycles. The average Bonchev–Trinajstić information content (AvgIpc) is 3.40. The Kier molecular flexibility index (Phi) is 9.20. The average molecular weight is 708 g/mol. The van der Waals surface area contributed by atoms with E-state index in [-0.39, 0.29) is 16.2 Å². The maximum absolute atomic E-state index is 2.45. The molecule has 1 nitrogen and oxygen atoms in total. The summed E-state index contributed by atoms with van der Waals surface area (Å²) in [4.78, 5) is 2.45. The second-order valence-corrected chi connectivity index (χ2v) is 18.6. The van der Waals surface area contributed by atoms with Crippen LogP contribution in [0.15, 0.2) is 133 Å². The van der Waals surface area contributed by atoms with Gasteiger partial charge in [0.25, 0.3) is 0 Å². The van der Waals surface area contributed by atoms with E-state index in [1.165, 1.54) is 110 Å². The van der Waals surface area contributed by atoms with Crippen molar-refractivity contribution in [3.05, 3.63) is 161 Å². The van der Waals surface area contributed by atoms with Crippen molar-refractivity contribution in [3.63, 3.8) is 0 Å². The van der Waals surface area contributed by atoms with E-state index in [1.807, 2.05) is 0 Å². The van der Waals surface area contributed by atoms with Crippen molar-refractivity contribution in [2.75, 3.05) is 4.90 Å². The molecule has 0 radical (unpaired) electrons. The van der Waals surface area contributed by atoms with Crippen LogP contribution < -0.4 is 4.90 Å². The van der Waals surface area contributed by atoms with Gasteiger partial charge in [0.2, 0.25) is 0 Å². The van der Waals surface area contributed by atoms with E-state index in [2.05, 4.69) is 194 Å². The zero-order valence-electron chi connectivity index (χ0n) is 33.8. The van der Waals surface area contributed by atoms with Crippen molar-refractivity contribution in [3.8, 4) is 33.4 Å². The first-order valence-corrected chi connectivity index (χ1v) is 20.3. The van der Waals surface area contributed by atoms with Gasteiger partial charge in [0.1, 0.15) is 0 Å². The maximum atomic E-state index is 2.45. The fourth-order valence-corrected chi connectivity index (χ4v) is 8.93. The first-order valence-electron chi connectivity index (χ1n) is 20.3. The van der Waals surface area contributed by atoms with Gasteiger partial charge in [-0.05, 0) is 127 Å². The Labute approximate surface area is 325 Å². The molecule has 0 N–H and O–H groups in total. The summed E-state index contributed by atoms with van der Waals surface area (Å²) in [5.74, 6) is 0.689. The van der Waals surface area contributed by atoms with Crippen LogP contribution in [0, 0.1) is 0 Å². The highest BCUT2D eigenvalue weighted by Gasteiger charge is 2.35. The second-order valence-electron chi connectivity index (χ2n) is 18.6. The Balaban J connectivity index is 1.14. The molecule has 0 atom stereocenters. The van der Waals surface area contributed by atoms with Crippen LogP contribution in [0.5, 0.6) is 0 Å². The van der Waals surface area contributed by atoms with Gasteiger partial charge in [-0.1, -0.05) is 172 Å². The number of rotatable bonds is 6. The summed E-state index contributed by atoms with van der Waals surface area (Å²) in [7, 11) is 0. The van der Waals surface area contributed by atoms with Crippen LogP contribution in [-0.4, -0.2) is 0 Å². The summed E-state index contributed by atoms with van der Waals surface area (Å²) in [6.45, 7) is 18.6. The molecule has 0 amide bonds. The third-order valence-corrected chi connectivity index (χ3v) is 12.4. The molecule has 0 aromatic heterocycles. The van der Waals surface area contributed by atoms with E-state index < -0.39 is 0 Å². The van der Waals surface area contributed by atoms with Crippen molar-refractivity contribution in [1.29, 1.82) is 0 Å². The standard InChI is InChI=1S/C53H57N/c1-51(2,3)42-32-41(33-43(34-42)52(4,5)6)40-20-18-37(19-21-40)39-24-28-45(29-25-39)54(44-26-22-38(23-27-44)36-14-10-9-11-15-36)46-30-31-48-47-16-12-13-17-49(47)53(7,8)50(48)35-46/h12-13,16-36H,9-11,14-15H2,1-8H3. The summed E-state index contributed by atoms with van der Waals surface area (Å²) >= 11 is 0. The van der Waals surface area contributed by atoms with Crippen LogP contribution in [0.25, 0.3) is 33.4 Å². The lowest BCUT2D eigenvalue weighted by Gasteiger charge is -2.29. The Morgan fingerprint density at radius 2 is 0.944 bits per heavy atom. The molecule has 274 valence electrons. The molecule has 0 bridgehead atoms. The molecule has 1 saturated carbocycles. The topological polar surface area (TPSA) is 3.24 Å². The van der Waals surface area contributed by atoms with Gasteiger partial charge in [-0.15, -0.1) is 0 Å². The highest BCUT2D eigenvalue weighted by atomic mass is 15.1. The number of hydrogen-bond acceptors (Lipinski definition) is 1. The first kappa shape index (κ1) is 36.1. The molecule has 6 aromatic rings. The smallest absolute Gasteiger partial charge is 0.0465 e. The molecule has 1 fully saturated rings. The lowest BCUT2D eigenvalue weighted by molar-refractivity contribution is 0.443. The van der Waals surface area contributed by atoms with Crippen LogP contribution in [0.4, 0.5) is 17.1 Å². The monoisotopic (exact) mass is 707 g/mol. The molecule has 54 heavy (non-hydrogen) atoms. The minimum atomic E-state index is -0.0587. The first-order chi connectivity index (χ1) is 25.8. The van der Waals surface area contributed by atoms with Crippen molar-refractivity contribution >= 4 is 17.1 Å². The number of anilines is 3. The molecule has 0 spiro atoms. The number of benzene rings is 6. The predicted octanol–water partition coefficient (Wildman–Crippen LogP) is 15.4. The predicted molar refractivity (Wildman–Crippen MR) is 233 cm³/mol. The SMILES string of the molecule is CC(C)(C)c1cc(-c2ccc(-c3ccc(N(c4ccc(C5CCCCC5)cc4)c4ccc5c(c4)C(C)(C)c4ccccc4-5)cc3)cc2)cc(C(C)(C)C)c1. The second kappa shape index (κ2) is 13.8. The Morgan fingerprint density at radius 3 is 1.52 bits per heavy atom. The summed E-state index contributed by atoms with van der Waals surface area (Å²) in [6, 6.07) is 51.0. The van der Waals surface area contributed by atoms with Gasteiger partial charge < -0.3 is 4.90 Å². The van der Waals surface area contributed by atoms with Crippen LogP contribution in [0.3, 0.4) is 0 Å². The Morgan fingerprint density at radius 1 is 0.463 bits per heavy atom. The molecule has 8 rings (SSSR count). The van der Waals surface area contributed by atoms with Crippen molar-refractivity contribution < 1.29 is 0 Å². The molecule has 0 saturated heterocycles. The van der Waals surface area contributed by atoms with E-state index in [4.69, 9.17) is 0 Å². The Bertz CT molecular complexity index is 2230. The summed E-state index contributed by atoms with van der Waals surface area (Å²) in [5, 5.41) is 0. The molecule has 1 heteroatoms. The largest absolute Gasteiger partial charge is 0.310 e. The van der Waals surface area contributed by atoms with Crippen LogP contribution >= 0.6 is 0 Å². The minimum Gasteiger partial charge on any atom is -0.310 e. The molecular formula is C53H57N. The highest BCUT2D eigenvalue weighted by molar-refractivity contribution is 5.86. The third-order valence-electron chi connectivity index (χ3n) is 12.4. The van der Waals surface area contributed by atoms with Gasteiger partial charge in [-0.2, -0.15) is 0 Å². The van der Waals surface area contributed by atoms with Gasteiger partial charge in [-0.3, -0.25) is 0 Å². The fourth-order valence-electron chi connectivity index (χ4n) is 8.93. The van der Waals surface area contributed by atoms with E-state index >= 15 is 0 Å². The van der Waals surface area contributed by atoms with Gasteiger partial charge >= 0.3 is 0 Å². The van der Waals surface area contributed by atoms with E-state index in [9.17, 15) is 0 Å². The van der Waals surface area contributed by atoms with Crippen molar-refractivity contribution in [2.45, 2.75) is 110 Å². The van der Waals surface area contributed by atoms with Crippen LogP contribution in [0.1, 0.15) is 121 Å². The quantitative estimate of drug-likeness (QED) is 0.167. The summed E-state index contributed by atoms with van der Waals surface area (Å²) in [5.41, 5.74) is 18.5. The third kappa shape index (κ3) is 6.83. The molecule has 0 heterocycles. The number of fused-ring (bicyclic) bond motifs is 3. The zero-order chi connectivity index (χ0) is 37.8. The van der Waals surface area contributed by atoms with Crippen LogP contribution in [-0.2, 0) is 16.2 Å². The molecular weight excluding hydrogens is 651 g/mol.